The van der Waals surface area contributed by atoms with Crippen LogP contribution in [0, 0.1) is 11.3 Å². The number of nitrogens with one attached hydrogen (secondary N) is 2. The highest BCUT2D eigenvalue weighted by atomic mass is 16.2. The summed E-state index contributed by atoms with van der Waals surface area (Å²) in [5.74, 6) is 0.956. The third-order valence-electron chi connectivity index (χ3n) is 6.40. The summed E-state index contributed by atoms with van der Waals surface area (Å²) in [5, 5.41) is 15.6. The zero-order valence-electron chi connectivity index (χ0n) is 18.8. The van der Waals surface area contributed by atoms with Crippen LogP contribution in [0.5, 0.6) is 0 Å². The number of piperidine rings is 1. The van der Waals surface area contributed by atoms with Crippen LogP contribution in [0.2, 0.25) is 0 Å². The highest BCUT2D eigenvalue weighted by Crippen LogP contribution is 2.22. The number of benzene rings is 1. The summed E-state index contributed by atoms with van der Waals surface area (Å²) >= 11 is 0. The van der Waals surface area contributed by atoms with Gasteiger partial charge >= 0.3 is 0 Å². The second-order valence-corrected chi connectivity index (χ2v) is 8.79. The fourth-order valence-electron chi connectivity index (χ4n) is 4.33. The second-order valence-electron chi connectivity index (χ2n) is 8.79. The Labute approximate surface area is 190 Å². The minimum Gasteiger partial charge on any atom is -0.354 e. The van der Waals surface area contributed by atoms with Crippen molar-refractivity contribution in [3.63, 3.8) is 0 Å². The molecule has 2 aliphatic heterocycles. The van der Waals surface area contributed by atoms with E-state index in [9.17, 15) is 10.1 Å². The number of nitriles is 1. The molecule has 32 heavy (non-hydrogen) atoms. The molecule has 7 heteroatoms. The van der Waals surface area contributed by atoms with E-state index >= 15 is 0 Å². The van der Waals surface area contributed by atoms with Gasteiger partial charge in [-0.25, -0.2) is 4.98 Å². The molecule has 7 nitrogen and oxygen atoms in total. The number of carbonyl (C=O) groups is 1. The van der Waals surface area contributed by atoms with Crippen LogP contribution in [-0.4, -0.2) is 67.6 Å². The molecule has 2 aromatic rings. The lowest BCUT2D eigenvalue weighted by Gasteiger charge is -2.33. The van der Waals surface area contributed by atoms with Crippen molar-refractivity contribution in [3.05, 3.63) is 48.2 Å². The summed E-state index contributed by atoms with van der Waals surface area (Å²) in [6.45, 7) is 5.00. The van der Waals surface area contributed by atoms with Crippen molar-refractivity contribution in [2.45, 2.75) is 37.8 Å². The molecule has 1 amide bonds. The number of hydrogen-bond acceptors (Lipinski definition) is 6. The molecule has 168 valence electrons. The van der Waals surface area contributed by atoms with Gasteiger partial charge in [-0.1, -0.05) is 30.7 Å². The van der Waals surface area contributed by atoms with Gasteiger partial charge in [-0.15, -0.1) is 0 Å². The Kier molecular flexibility index (Phi) is 7.35. The van der Waals surface area contributed by atoms with Crippen molar-refractivity contribution >= 4 is 11.7 Å². The van der Waals surface area contributed by atoms with E-state index in [2.05, 4.69) is 62.8 Å². The average Bonchev–Trinajstić information content (AvgIpc) is 2.85. The van der Waals surface area contributed by atoms with E-state index in [-0.39, 0.29) is 11.9 Å². The Morgan fingerprint density at radius 3 is 2.53 bits per heavy atom. The molecule has 0 bridgehead atoms. The Bertz CT molecular complexity index is 922. The first-order valence-corrected chi connectivity index (χ1v) is 11.5. The number of piperazine rings is 1. The van der Waals surface area contributed by atoms with Gasteiger partial charge in [0.05, 0.1) is 12.1 Å². The van der Waals surface area contributed by atoms with Gasteiger partial charge in [0.2, 0.25) is 5.91 Å². The minimum atomic E-state index is -0.526. The molecular formula is C25H32N6O. The van der Waals surface area contributed by atoms with Gasteiger partial charge in [0.1, 0.15) is 11.9 Å². The van der Waals surface area contributed by atoms with Crippen LogP contribution in [0.15, 0.2) is 42.6 Å². The monoisotopic (exact) mass is 432 g/mol. The quantitative estimate of drug-likeness (QED) is 0.728. The molecule has 2 aliphatic rings. The average molecular weight is 433 g/mol. The largest absolute Gasteiger partial charge is 0.354 e. The zero-order valence-corrected chi connectivity index (χ0v) is 18.8. The second kappa shape index (κ2) is 10.6. The van der Waals surface area contributed by atoms with Crippen molar-refractivity contribution < 1.29 is 4.79 Å². The summed E-state index contributed by atoms with van der Waals surface area (Å²) in [6.07, 6.45) is 5.41. The predicted octanol–water partition coefficient (Wildman–Crippen LogP) is 2.19. The van der Waals surface area contributed by atoms with Crippen LogP contribution in [-0.2, 0) is 11.2 Å². The molecule has 2 saturated heterocycles. The van der Waals surface area contributed by atoms with Crippen LogP contribution in [0.25, 0.3) is 11.1 Å². The first kappa shape index (κ1) is 22.3. The van der Waals surface area contributed by atoms with E-state index in [1.807, 2.05) is 18.3 Å². The van der Waals surface area contributed by atoms with Gasteiger partial charge in [0.15, 0.2) is 0 Å². The van der Waals surface area contributed by atoms with E-state index in [4.69, 9.17) is 0 Å². The summed E-state index contributed by atoms with van der Waals surface area (Å²) < 4.78 is 0. The molecule has 3 heterocycles. The standard InChI is InChI=1S/C25H32N6O/c1-30-12-14-31(15-13-30)24-10-9-21(18-28-24)20-7-5-19(6-8-20)16-22(17-26)29-25(32)23-4-2-3-11-27-23/h5-10,18,22-23,27H,2-4,11-16H2,1H3,(H,29,32)/t22-,23-/m0/s1. The van der Waals surface area contributed by atoms with Crippen molar-refractivity contribution in [2.24, 2.45) is 0 Å². The molecule has 0 unspecified atom stereocenters. The maximum atomic E-state index is 12.4. The van der Waals surface area contributed by atoms with Gasteiger partial charge in [0, 0.05) is 44.4 Å². The van der Waals surface area contributed by atoms with Gasteiger partial charge in [0.25, 0.3) is 0 Å². The molecule has 2 N–H and O–H groups in total. The van der Waals surface area contributed by atoms with Crippen molar-refractivity contribution in [1.82, 2.24) is 20.5 Å². The molecule has 2 atom stereocenters. The topological polar surface area (TPSA) is 84.3 Å². The van der Waals surface area contributed by atoms with Gasteiger partial charge in [-0.3, -0.25) is 4.79 Å². The molecule has 4 rings (SSSR count). The maximum Gasteiger partial charge on any atom is 0.238 e. The molecule has 0 aliphatic carbocycles. The van der Waals surface area contributed by atoms with Gasteiger partial charge in [-0.05, 0) is 49.7 Å². The van der Waals surface area contributed by atoms with Crippen molar-refractivity contribution in [3.8, 4) is 17.2 Å². The third kappa shape index (κ3) is 5.64. The van der Waals surface area contributed by atoms with Crippen LogP contribution >= 0.6 is 0 Å². The number of carbonyl (C=O) groups excluding carboxylic acids is 1. The molecule has 1 aromatic carbocycles. The van der Waals surface area contributed by atoms with E-state index in [0.717, 1.165) is 74.5 Å². The van der Waals surface area contributed by atoms with E-state index in [1.165, 1.54) is 0 Å². The SMILES string of the molecule is CN1CCN(c2ccc(-c3ccc(C[C@@H](C#N)NC(=O)[C@@H]4CCCCN4)cc3)cn2)CC1. The van der Waals surface area contributed by atoms with E-state index in [1.54, 1.807) is 0 Å². The molecule has 2 fully saturated rings. The van der Waals surface area contributed by atoms with Crippen LogP contribution in [0.3, 0.4) is 0 Å². The summed E-state index contributed by atoms with van der Waals surface area (Å²) in [4.78, 5) is 21.8. The normalized spacial score (nSPS) is 20.4. The summed E-state index contributed by atoms with van der Waals surface area (Å²) in [6, 6.07) is 13.9. The van der Waals surface area contributed by atoms with Gasteiger partial charge in [-0.2, -0.15) is 5.26 Å². The number of amides is 1. The number of anilines is 1. The highest BCUT2D eigenvalue weighted by molar-refractivity contribution is 5.82. The number of aromatic nitrogens is 1. The molecular weight excluding hydrogens is 400 g/mol. The Morgan fingerprint density at radius 1 is 1.16 bits per heavy atom. The first-order chi connectivity index (χ1) is 15.6. The van der Waals surface area contributed by atoms with Crippen molar-refractivity contribution in [1.29, 1.82) is 5.26 Å². The lowest BCUT2D eigenvalue weighted by Crippen LogP contribution is -2.49. The molecule has 0 radical (unpaired) electrons. The van der Waals surface area contributed by atoms with E-state index in [0.29, 0.717) is 6.42 Å². The molecule has 1 aromatic heterocycles. The smallest absolute Gasteiger partial charge is 0.238 e. The van der Waals surface area contributed by atoms with Gasteiger partial charge < -0.3 is 20.4 Å². The number of nitrogens with zero attached hydrogens (tertiary/aromatic N) is 4. The van der Waals surface area contributed by atoms with Crippen molar-refractivity contribution in [2.75, 3.05) is 44.7 Å². The molecule has 0 saturated carbocycles. The highest BCUT2D eigenvalue weighted by Gasteiger charge is 2.23. The fraction of sp³-hybridized carbons (Fsp3) is 0.480. The van der Waals surface area contributed by atoms with Crippen LogP contribution < -0.4 is 15.5 Å². The third-order valence-corrected chi connectivity index (χ3v) is 6.40. The lowest BCUT2D eigenvalue weighted by atomic mass is 10.0. The maximum absolute atomic E-state index is 12.4. The fourth-order valence-corrected chi connectivity index (χ4v) is 4.33. The number of likely N-dealkylation sites (N-methyl/N-ethyl adjacent to an activating group) is 1. The van der Waals surface area contributed by atoms with E-state index < -0.39 is 6.04 Å². The zero-order chi connectivity index (χ0) is 22.3. The Balaban J connectivity index is 1.34. The first-order valence-electron chi connectivity index (χ1n) is 11.5. The van der Waals surface area contributed by atoms with Crippen LogP contribution in [0.4, 0.5) is 5.82 Å². The van der Waals surface area contributed by atoms with Crippen LogP contribution in [0.1, 0.15) is 24.8 Å². The number of hydrogen-bond donors (Lipinski definition) is 2. The Hall–Kier alpha value is -2.95. The predicted molar refractivity (Wildman–Crippen MR) is 126 cm³/mol. The Morgan fingerprint density at radius 2 is 1.91 bits per heavy atom. The lowest BCUT2D eigenvalue weighted by molar-refractivity contribution is -0.124. The minimum absolute atomic E-state index is 0.0700. The summed E-state index contributed by atoms with van der Waals surface area (Å²) in [7, 11) is 2.15. The molecule has 0 spiro atoms. The summed E-state index contributed by atoms with van der Waals surface area (Å²) in [5.41, 5.74) is 3.19. The number of pyridine rings is 1. The number of rotatable bonds is 6.